The number of rotatable bonds is 5. The predicted molar refractivity (Wildman–Crippen MR) is 103 cm³/mol. The van der Waals surface area contributed by atoms with E-state index in [1.165, 1.54) is 25.3 Å². The van der Waals surface area contributed by atoms with Crippen molar-refractivity contribution in [1.29, 1.82) is 0 Å². The molecule has 2 N–H and O–H groups in total. The normalized spacial score (nSPS) is 20.5. The molecule has 0 bridgehead atoms. The van der Waals surface area contributed by atoms with Crippen molar-refractivity contribution < 1.29 is 13.2 Å². The van der Waals surface area contributed by atoms with Crippen molar-refractivity contribution in [2.45, 2.75) is 87.6 Å². The molecule has 0 spiro atoms. The standard InChI is InChI=1S/C20H30N2O3S/c23-20(21-17-10-4-2-1-3-5-11-17)16-9-8-14-19(15-16)26(24,25)22-18-12-6-7-13-18/h8-9,14-15,17-18,22H,1-7,10-13H2,(H,21,23). The van der Waals surface area contributed by atoms with Gasteiger partial charge in [0.1, 0.15) is 0 Å². The molecule has 0 aromatic heterocycles. The molecule has 1 aromatic carbocycles. The summed E-state index contributed by atoms with van der Waals surface area (Å²) in [6, 6.07) is 6.61. The largest absolute Gasteiger partial charge is 0.349 e. The highest BCUT2D eigenvalue weighted by Crippen LogP contribution is 2.21. The molecule has 0 unspecified atom stereocenters. The molecule has 6 heteroatoms. The first-order valence-corrected chi connectivity index (χ1v) is 11.5. The van der Waals surface area contributed by atoms with E-state index in [4.69, 9.17) is 0 Å². The van der Waals surface area contributed by atoms with Crippen LogP contribution in [-0.4, -0.2) is 26.4 Å². The Labute approximate surface area is 157 Å². The lowest BCUT2D eigenvalue weighted by molar-refractivity contribution is 0.0930. The molecule has 2 fully saturated rings. The average Bonchev–Trinajstić information content (AvgIpc) is 3.09. The maximum Gasteiger partial charge on any atom is 0.251 e. The smallest absolute Gasteiger partial charge is 0.251 e. The lowest BCUT2D eigenvalue weighted by atomic mass is 9.96. The third-order valence-corrected chi connectivity index (χ3v) is 7.04. The third kappa shape index (κ3) is 5.30. The molecule has 2 aliphatic carbocycles. The van der Waals surface area contributed by atoms with Crippen molar-refractivity contribution in [2.24, 2.45) is 0 Å². The van der Waals surface area contributed by atoms with Gasteiger partial charge in [-0.15, -0.1) is 0 Å². The van der Waals surface area contributed by atoms with Crippen LogP contribution in [0.3, 0.4) is 0 Å². The van der Waals surface area contributed by atoms with Crippen molar-refractivity contribution >= 4 is 15.9 Å². The summed E-state index contributed by atoms with van der Waals surface area (Å²) in [5.41, 5.74) is 0.418. The van der Waals surface area contributed by atoms with Crippen LogP contribution in [0.15, 0.2) is 29.2 Å². The van der Waals surface area contributed by atoms with Crippen LogP contribution in [0, 0.1) is 0 Å². The highest BCUT2D eigenvalue weighted by Gasteiger charge is 2.24. The molecule has 0 atom stereocenters. The zero-order valence-corrected chi connectivity index (χ0v) is 16.2. The van der Waals surface area contributed by atoms with Gasteiger partial charge in [-0.2, -0.15) is 0 Å². The molecule has 1 aromatic rings. The molecule has 2 aliphatic rings. The Morgan fingerprint density at radius 1 is 0.846 bits per heavy atom. The first kappa shape index (κ1) is 19.4. The Bertz CT molecular complexity index is 704. The number of benzene rings is 1. The van der Waals surface area contributed by atoms with Gasteiger partial charge in [-0.05, 0) is 43.9 Å². The van der Waals surface area contributed by atoms with E-state index >= 15 is 0 Å². The molecule has 3 rings (SSSR count). The number of carbonyl (C=O) groups excluding carboxylic acids is 1. The molecule has 144 valence electrons. The summed E-state index contributed by atoms with van der Waals surface area (Å²) < 4.78 is 28.0. The fraction of sp³-hybridized carbons (Fsp3) is 0.650. The van der Waals surface area contributed by atoms with Crippen molar-refractivity contribution in [3.8, 4) is 0 Å². The molecule has 0 radical (unpaired) electrons. The van der Waals surface area contributed by atoms with Crippen LogP contribution in [0.4, 0.5) is 0 Å². The summed E-state index contributed by atoms with van der Waals surface area (Å²) in [5, 5.41) is 3.10. The number of sulfonamides is 1. The Kier molecular flexibility index (Phi) is 6.70. The van der Waals surface area contributed by atoms with Crippen LogP contribution < -0.4 is 10.0 Å². The zero-order chi connectivity index (χ0) is 18.4. The first-order valence-electron chi connectivity index (χ1n) is 9.98. The molecule has 0 aliphatic heterocycles. The van der Waals surface area contributed by atoms with Gasteiger partial charge < -0.3 is 5.32 Å². The monoisotopic (exact) mass is 378 g/mol. The predicted octanol–water partition coefficient (Wildman–Crippen LogP) is 3.75. The fourth-order valence-corrected chi connectivity index (χ4v) is 5.36. The Balaban J connectivity index is 1.66. The maximum absolute atomic E-state index is 12.6. The summed E-state index contributed by atoms with van der Waals surface area (Å²) in [4.78, 5) is 12.8. The molecule has 1 amide bonds. The van der Waals surface area contributed by atoms with E-state index in [0.29, 0.717) is 5.56 Å². The van der Waals surface area contributed by atoms with E-state index in [1.54, 1.807) is 18.2 Å². The molecular formula is C20H30N2O3S. The van der Waals surface area contributed by atoms with Gasteiger partial charge in [0.15, 0.2) is 0 Å². The quantitative estimate of drug-likeness (QED) is 0.819. The summed E-state index contributed by atoms with van der Waals surface area (Å²) in [6.45, 7) is 0. The number of carbonyl (C=O) groups is 1. The molecular weight excluding hydrogens is 348 g/mol. The molecule has 0 heterocycles. The van der Waals surface area contributed by atoms with E-state index in [1.807, 2.05) is 0 Å². The van der Waals surface area contributed by atoms with Gasteiger partial charge in [0.25, 0.3) is 5.91 Å². The number of hydrogen-bond donors (Lipinski definition) is 2. The minimum absolute atomic E-state index is 0.0207. The van der Waals surface area contributed by atoms with Gasteiger partial charge >= 0.3 is 0 Å². The van der Waals surface area contributed by atoms with E-state index in [2.05, 4.69) is 10.0 Å². The van der Waals surface area contributed by atoms with Crippen LogP contribution in [-0.2, 0) is 10.0 Å². The minimum atomic E-state index is -3.57. The van der Waals surface area contributed by atoms with Gasteiger partial charge in [0, 0.05) is 17.6 Å². The second kappa shape index (κ2) is 9.00. The second-order valence-electron chi connectivity index (χ2n) is 7.65. The lowest BCUT2D eigenvalue weighted by Gasteiger charge is -2.21. The van der Waals surface area contributed by atoms with Crippen LogP contribution in [0.1, 0.15) is 81.0 Å². The highest BCUT2D eigenvalue weighted by atomic mass is 32.2. The van der Waals surface area contributed by atoms with Gasteiger partial charge in [-0.3, -0.25) is 4.79 Å². The van der Waals surface area contributed by atoms with Crippen LogP contribution in [0.5, 0.6) is 0 Å². The van der Waals surface area contributed by atoms with Crippen molar-refractivity contribution in [3.05, 3.63) is 29.8 Å². The second-order valence-corrected chi connectivity index (χ2v) is 9.36. The summed E-state index contributed by atoms with van der Waals surface area (Å²) in [6.07, 6.45) is 12.0. The Morgan fingerprint density at radius 2 is 1.42 bits per heavy atom. The van der Waals surface area contributed by atoms with Crippen LogP contribution >= 0.6 is 0 Å². The van der Waals surface area contributed by atoms with E-state index in [9.17, 15) is 13.2 Å². The minimum Gasteiger partial charge on any atom is -0.349 e. The van der Waals surface area contributed by atoms with Gasteiger partial charge in [-0.25, -0.2) is 13.1 Å². The maximum atomic E-state index is 12.6. The zero-order valence-electron chi connectivity index (χ0n) is 15.4. The molecule has 26 heavy (non-hydrogen) atoms. The van der Waals surface area contributed by atoms with E-state index in [-0.39, 0.29) is 22.9 Å². The van der Waals surface area contributed by atoms with E-state index in [0.717, 1.165) is 51.4 Å². The summed E-state index contributed by atoms with van der Waals surface area (Å²) in [5.74, 6) is -0.173. The molecule has 2 saturated carbocycles. The fourth-order valence-electron chi connectivity index (χ4n) is 4.00. The lowest BCUT2D eigenvalue weighted by Crippen LogP contribution is -2.35. The SMILES string of the molecule is O=C(NC1CCCCCCC1)c1cccc(S(=O)(=O)NC2CCCC2)c1. The number of hydrogen-bond acceptors (Lipinski definition) is 3. The summed E-state index contributed by atoms with van der Waals surface area (Å²) >= 11 is 0. The summed E-state index contributed by atoms with van der Waals surface area (Å²) in [7, 11) is -3.57. The first-order chi connectivity index (χ1) is 12.5. The van der Waals surface area contributed by atoms with Gasteiger partial charge in [0.2, 0.25) is 10.0 Å². The van der Waals surface area contributed by atoms with Gasteiger partial charge in [0.05, 0.1) is 4.90 Å². The molecule has 0 saturated heterocycles. The molecule has 5 nitrogen and oxygen atoms in total. The Morgan fingerprint density at radius 3 is 2.12 bits per heavy atom. The number of amides is 1. The van der Waals surface area contributed by atoms with Crippen LogP contribution in [0.25, 0.3) is 0 Å². The van der Waals surface area contributed by atoms with Crippen LogP contribution in [0.2, 0.25) is 0 Å². The van der Waals surface area contributed by atoms with Gasteiger partial charge in [-0.1, -0.05) is 51.0 Å². The number of nitrogens with one attached hydrogen (secondary N) is 2. The van der Waals surface area contributed by atoms with E-state index < -0.39 is 10.0 Å². The van der Waals surface area contributed by atoms with Crippen molar-refractivity contribution in [3.63, 3.8) is 0 Å². The Hall–Kier alpha value is -1.40. The van der Waals surface area contributed by atoms with Crippen molar-refractivity contribution in [1.82, 2.24) is 10.0 Å². The topological polar surface area (TPSA) is 75.3 Å². The highest BCUT2D eigenvalue weighted by molar-refractivity contribution is 7.89. The third-order valence-electron chi connectivity index (χ3n) is 5.52. The average molecular weight is 379 g/mol. The van der Waals surface area contributed by atoms with Crippen molar-refractivity contribution in [2.75, 3.05) is 0 Å².